The van der Waals surface area contributed by atoms with Gasteiger partial charge in [-0.05, 0) is 51.8 Å². The molecule has 196 valence electrons. The van der Waals surface area contributed by atoms with Gasteiger partial charge in [-0.3, -0.25) is 19.2 Å². The van der Waals surface area contributed by atoms with Crippen LogP contribution in [0.2, 0.25) is 0 Å². The number of anilines is 1. The number of benzene rings is 2. The van der Waals surface area contributed by atoms with Crippen molar-refractivity contribution >= 4 is 34.6 Å². The number of halogens is 1. The molecule has 1 aliphatic rings. The topological polar surface area (TPSA) is 114 Å². The maximum atomic E-state index is 14.9. The summed E-state index contributed by atoms with van der Waals surface area (Å²) in [4.78, 5) is 37.2. The van der Waals surface area contributed by atoms with E-state index in [0.29, 0.717) is 22.3 Å². The zero-order valence-electron chi connectivity index (χ0n) is 21.2. The van der Waals surface area contributed by atoms with Crippen molar-refractivity contribution in [2.45, 2.75) is 58.1 Å². The fraction of sp³-hybridized carbons (Fsp3) is 0.407. The zero-order chi connectivity index (χ0) is 26.7. The Balaban J connectivity index is 1.66. The second kappa shape index (κ2) is 10.6. The largest absolute Gasteiger partial charge is 0.480 e. The predicted molar refractivity (Wildman–Crippen MR) is 137 cm³/mol. The van der Waals surface area contributed by atoms with Crippen LogP contribution in [0.3, 0.4) is 0 Å². The lowest BCUT2D eigenvalue weighted by atomic mass is 10.1. The van der Waals surface area contributed by atoms with E-state index in [1.54, 1.807) is 55.8 Å². The van der Waals surface area contributed by atoms with Gasteiger partial charge in [-0.15, -0.1) is 0 Å². The molecule has 0 spiro atoms. The highest BCUT2D eigenvalue weighted by molar-refractivity contribution is 5.97. The third-order valence-electron chi connectivity index (χ3n) is 6.15. The first-order valence-corrected chi connectivity index (χ1v) is 12.3. The van der Waals surface area contributed by atoms with E-state index in [-0.39, 0.29) is 11.9 Å². The molecule has 2 N–H and O–H groups in total. The third-order valence-corrected chi connectivity index (χ3v) is 6.15. The molecule has 0 unspecified atom stereocenters. The fourth-order valence-corrected chi connectivity index (χ4v) is 4.53. The molecule has 2 aromatic carbocycles. The number of nitrogens with one attached hydrogen (secondary N) is 1. The molecule has 1 saturated carbocycles. The lowest BCUT2D eigenvalue weighted by molar-refractivity contribution is -0.137. The summed E-state index contributed by atoms with van der Waals surface area (Å²) in [7, 11) is 0. The molecule has 0 aliphatic heterocycles. The minimum atomic E-state index is -1.19. The van der Waals surface area contributed by atoms with Crippen LogP contribution in [-0.4, -0.2) is 51.5 Å². The molecule has 1 aliphatic carbocycles. The van der Waals surface area contributed by atoms with Crippen molar-refractivity contribution < 1.29 is 28.6 Å². The Morgan fingerprint density at radius 2 is 1.81 bits per heavy atom. The van der Waals surface area contributed by atoms with Crippen molar-refractivity contribution in [3.63, 3.8) is 0 Å². The summed E-state index contributed by atoms with van der Waals surface area (Å²) in [5.41, 5.74) is 1.43. The van der Waals surface area contributed by atoms with Crippen LogP contribution in [0.1, 0.15) is 52.5 Å². The van der Waals surface area contributed by atoms with Gasteiger partial charge in [0.15, 0.2) is 0 Å². The lowest BCUT2D eigenvalue weighted by Gasteiger charge is -2.27. The molecule has 1 aromatic heterocycles. The normalized spacial score (nSPS) is 14.1. The van der Waals surface area contributed by atoms with Crippen molar-refractivity contribution in [3.8, 4) is 11.3 Å². The minimum Gasteiger partial charge on any atom is -0.480 e. The molecule has 37 heavy (non-hydrogen) atoms. The van der Waals surface area contributed by atoms with Crippen molar-refractivity contribution in [1.82, 2.24) is 15.1 Å². The van der Waals surface area contributed by atoms with Crippen LogP contribution >= 0.6 is 0 Å². The van der Waals surface area contributed by atoms with E-state index < -0.39 is 36.7 Å². The molecular weight excluding hydrogens is 479 g/mol. The Hall–Kier alpha value is -3.95. The van der Waals surface area contributed by atoms with E-state index in [2.05, 4.69) is 5.32 Å². The maximum Gasteiger partial charge on any atom is 0.415 e. The number of fused-ring (bicyclic) bond motifs is 1. The van der Waals surface area contributed by atoms with E-state index in [1.165, 1.54) is 6.07 Å². The van der Waals surface area contributed by atoms with Crippen LogP contribution in [-0.2, 0) is 14.3 Å². The Labute approximate surface area is 214 Å². The number of ether oxygens (including phenoxy) is 1. The molecule has 0 radical (unpaired) electrons. The van der Waals surface area contributed by atoms with Crippen molar-refractivity contribution in [3.05, 3.63) is 48.3 Å². The van der Waals surface area contributed by atoms with Gasteiger partial charge in [-0.1, -0.05) is 37.1 Å². The number of carbonyl (C=O) groups excluding carboxylic acids is 2. The maximum absolute atomic E-state index is 14.9. The van der Waals surface area contributed by atoms with E-state index in [0.717, 1.165) is 36.1 Å². The van der Waals surface area contributed by atoms with Crippen LogP contribution in [0, 0.1) is 5.82 Å². The summed E-state index contributed by atoms with van der Waals surface area (Å²) in [5.74, 6) is -2.15. The highest BCUT2D eigenvalue weighted by atomic mass is 19.1. The predicted octanol–water partition coefficient (Wildman–Crippen LogP) is 4.90. The first-order chi connectivity index (χ1) is 17.5. The Kier molecular flexibility index (Phi) is 7.47. The Morgan fingerprint density at radius 3 is 2.43 bits per heavy atom. The van der Waals surface area contributed by atoms with Gasteiger partial charge in [0.1, 0.15) is 35.7 Å². The molecule has 2 amide bonds. The van der Waals surface area contributed by atoms with Gasteiger partial charge in [-0.25, -0.2) is 9.18 Å². The van der Waals surface area contributed by atoms with Crippen molar-refractivity contribution in [2.75, 3.05) is 18.0 Å². The molecule has 1 heterocycles. The summed E-state index contributed by atoms with van der Waals surface area (Å²) in [6, 6.07) is 11.9. The van der Waals surface area contributed by atoms with Gasteiger partial charge in [0.25, 0.3) is 0 Å². The summed E-state index contributed by atoms with van der Waals surface area (Å²) in [6.07, 6.45) is 3.34. The van der Waals surface area contributed by atoms with Gasteiger partial charge in [-0.2, -0.15) is 5.10 Å². The van der Waals surface area contributed by atoms with E-state index in [9.17, 15) is 18.8 Å². The Morgan fingerprint density at radius 1 is 1.14 bits per heavy atom. The summed E-state index contributed by atoms with van der Waals surface area (Å²) < 4.78 is 22.1. The van der Waals surface area contributed by atoms with Gasteiger partial charge < -0.3 is 15.2 Å². The molecule has 10 heteroatoms. The van der Waals surface area contributed by atoms with Gasteiger partial charge in [0.05, 0.1) is 6.04 Å². The number of aliphatic carboxylic acids is 1. The Bertz CT molecular complexity index is 1310. The van der Waals surface area contributed by atoms with E-state index in [4.69, 9.17) is 14.9 Å². The van der Waals surface area contributed by atoms with Crippen LogP contribution in [0.4, 0.5) is 14.9 Å². The van der Waals surface area contributed by atoms with Gasteiger partial charge >= 0.3 is 12.1 Å². The number of hydrogen-bond acceptors (Lipinski definition) is 5. The SMILES string of the molecule is CC(C)(C)OC(=O)N(CC(=O)NCC(=O)O)c1ccc(-c2nn(C3CCCC3)c3c(F)cccc23)cc1. The minimum absolute atomic E-state index is 0.152. The molecule has 4 rings (SSSR count). The number of rotatable bonds is 7. The molecule has 0 bridgehead atoms. The fourth-order valence-electron chi connectivity index (χ4n) is 4.53. The summed E-state index contributed by atoms with van der Waals surface area (Å²) in [5, 5.41) is 16.6. The first-order valence-electron chi connectivity index (χ1n) is 12.3. The molecule has 0 atom stereocenters. The second-order valence-electron chi connectivity index (χ2n) is 10.2. The molecule has 1 fully saturated rings. The highest BCUT2D eigenvalue weighted by Gasteiger charge is 2.27. The molecular formula is C27H31FN4O5. The van der Waals surface area contributed by atoms with Gasteiger partial charge in [0.2, 0.25) is 5.91 Å². The van der Waals surface area contributed by atoms with E-state index >= 15 is 0 Å². The second-order valence-corrected chi connectivity index (χ2v) is 10.2. The van der Waals surface area contributed by atoms with Gasteiger partial charge in [0, 0.05) is 16.6 Å². The van der Waals surface area contributed by atoms with Crippen LogP contribution in [0.5, 0.6) is 0 Å². The number of hydrogen-bond donors (Lipinski definition) is 2. The highest BCUT2D eigenvalue weighted by Crippen LogP contribution is 2.37. The average molecular weight is 511 g/mol. The van der Waals surface area contributed by atoms with Crippen LogP contribution in [0.15, 0.2) is 42.5 Å². The molecule has 9 nitrogen and oxygen atoms in total. The number of aromatic nitrogens is 2. The van der Waals surface area contributed by atoms with E-state index in [1.807, 2.05) is 6.07 Å². The van der Waals surface area contributed by atoms with Crippen molar-refractivity contribution in [2.24, 2.45) is 0 Å². The smallest absolute Gasteiger partial charge is 0.415 e. The molecule has 0 saturated heterocycles. The average Bonchev–Trinajstić information content (AvgIpc) is 3.49. The lowest BCUT2D eigenvalue weighted by Crippen LogP contribution is -2.44. The monoisotopic (exact) mass is 510 g/mol. The number of amides is 2. The molecule has 3 aromatic rings. The standard InChI is InChI=1S/C27H31FN4O5/c1-27(2,3)37-26(36)31(16-22(33)29-15-23(34)35)18-13-11-17(12-14-18)24-20-9-6-10-21(28)25(20)32(30-24)19-7-4-5-8-19/h6,9-14,19H,4-5,7-8,15-16H2,1-3H3,(H,29,33)(H,34,35). The van der Waals surface area contributed by atoms with Crippen LogP contribution in [0.25, 0.3) is 22.2 Å². The number of para-hydroxylation sites is 1. The number of carboxylic acids is 1. The number of nitrogens with zero attached hydrogens (tertiary/aromatic N) is 3. The zero-order valence-corrected chi connectivity index (χ0v) is 21.2. The summed E-state index contributed by atoms with van der Waals surface area (Å²) in [6.45, 7) is 4.14. The first kappa shape index (κ1) is 26.1. The third kappa shape index (κ3) is 6.07. The van der Waals surface area contributed by atoms with Crippen molar-refractivity contribution in [1.29, 1.82) is 0 Å². The summed E-state index contributed by atoms with van der Waals surface area (Å²) >= 11 is 0. The number of carbonyl (C=O) groups is 3. The quantitative estimate of drug-likeness (QED) is 0.467. The number of carboxylic acid groups (broad SMARTS) is 1. The van der Waals surface area contributed by atoms with Crippen LogP contribution < -0.4 is 10.2 Å².